The van der Waals surface area contributed by atoms with Gasteiger partial charge in [-0.3, -0.25) is 9.59 Å². The Morgan fingerprint density at radius 1 is 1.03 bits per heavy atom. The minimum Gasteiger partial charge on any atom is -0.389 e. The Bertz CT molecular complexity index is 940. The molecule has 1 aliphatic carbocycles. The van der Waals surface area contributed by atoms with E-state index in [0.29, 0.717) is 5.56 Å². The van der Waals surface area contributed by atoms with Crippen molar-refractivity contribution in [1.29, 1.82) is 0 Å². The summed E-state index contributed by atoms with van der Waals surface area (Å²) in [6.07, 6.45) is -9.08. The first-order valence-corrected chi connectivity index (χ1v) is 12.8. The van der Waals surface area contributed by atoms with Crippen molar-refractivity contribution in [2.75, 3.05) is 6.54 Å². The highest BCUT2D eigenvalue weighted by atomic mass is 16.7. The molecule has 2 aliphatic rings. The molecule has 11 N–H and O–H groups in total. The summed E-state index contributed by atoms with van der Waals surface area (Å²) < 4.78 is 11.6. The molecule has 2 amide bonds. The van der Waals surface area contributed by atoms with Gasteiger partial charge in [-0.25, -0.2) is 0 Å². The van der Waals surface area contributed by atoms with Gasteiger partial charge in [-0.2, -0.15) is 0 Å². The molecule has 2 fully saturated rings. The minimum absolute atomic E-state index is 0.166. The maximum atomic E-state index is 13.4. The number of amides is 2. The van der Waals surface area contributed by atoms with Gasteiger partial charge in [0, 0.05) is 31.6 Å². The summed E-state index contributed by atoms with van der Waals surface area (Å²) in [7, 11) is 0. The third-order valence-electron chi connectivity index (χ3n) is 7.17. The predicted molar refractivity (Wildman–Crippen MR) is 136 cm³/mol. The Morgan fingerprint density at radius 2 is 1.66 bits per heavy atom. The van der Waals surface area contributed by atoms with Gasteiger partial charge in [-0.15, -0.1) is 0 Å². The summed E-state index contributed by atoms with van der Waals surface area (Å²) >= 11 is 0. The van der Waals surface area contributed by atoms with Crippen LogP contribution >= 0.6 is 0 Å². The first kappa shape index (κ1) is 30.3. The maximum absolute atomic E-state index is 13.4. The number of carbonyl (C=O) groups is 2. The van der Waals surface area contributed by atoms with Crippen molar-refractivity contribution in [2.24, 2.45) is 17.2 Å². The number of nitrogens with zero attached hydrogens (tertiary/aromatic N) is 1. The molecule has 214 valence electrons. The first-order chi connectivity index (χ1) is 17.8. The number of carbonyl (C=O) groups excluding carboxylic acids is 2. The minimum atomic E-state index is -1.49. The van der Waals surface area contributed by atoms with Crippen LogP contribution in [0.1, 0.15) is 38.8 Å². The van der Waals surface area contributed by atoms with Crippen LogP contribution in [0.3, 0.4) is 0 Å². The fourth-order valence-corrected chi connectivity index (χ4v) is 5.08. The average Bonchev–Trinajstić information content (AvgIpc) is 2.87. The highest BCUT2D eigenvalue weighted by Crippen LogP contribution is 2.28. The van der Waals surface area contributed by atoms with Crippen molar-refractivity contribution in [3.8, 4) is 0 Å². The highest BCUT2D eigenvalue weighted by Gasteiger charge is 2.48. The van der Waals surface area contributed by atoms with Crippen molar-refractivity contribution >= 4 is 11.8 Å². The smallest absolute Gasteiger partial charge is 0.247 e. The molecule has 13 nitrogen and oxygen atoms in total. The molecule has 1 unspecified atom stereocenters. The molecule has 3 rings (SSSR count). The SMILES string of the molecule is CC(=O)N(C(C)C)C(C(=O)NC[C@H]1O[C@H](O[C@H]2[C@H](O)[C@@H](O)[C@H](N)C[C@@H]2N)[C@H](N)[C@@H](O)[C@@H]1O)c1ccccc1. The number of nitrogens with one attached hydrogen (secondary N) is 1. The fourth-order valence-electron chi connectivity index (χ4n) is 5.08. The average molecular weight is 540 g/mol. The summed E-state index contributed by atoms with van der Waals surface area (Å²) in [6.45, 7) is 4.73. The van der Waals surface area contributed by atoms with Gasteiger partial charge in [0.1, 0.15) is 36.6 Å². The lowest BCUT2D eigenvalue weighted by Gasteiger charge is -2.46. The van der Waals surface area contributed by atoms with E-state index >= 15 is 0 Å². The van der Waals surface area contributed by atoms with Gasteiger partial charge >= 0.3 is 0 Å². The van der Waals surface area contributed by atoms with Crippen LogP contribution < -0.4 is 22.5 Å². The van der Waals surface area contributed by atoms with Gasteiger partial charge in [-0.1, -0.05) is 30.3 Å². The molecule has 0 aromatic heterocycles. The topological polar surface area (TPSA) is 227 Å². The Morgan fingerprint density at radius 3 is 2.24 bits per heavy atom. The number of hydrogen-bond donors (Lipinski definition) is 8. The fraction of sp³-hybridized carbons (Fsp3) is 0.680. The van der Waals surface area contributed by atoms with Crippen LogP contribution in [0.2, 0.25) is 0 Å². The highest BCUT2D eigenvalue weighted by molar-refractivity contribution is 5.88. The molecule has 13 heteroatoms. The largest absolute Gasteiger partial charge is 0.389 e. The number of aliphatic hydroxyl groups excluding tert-OH is 4. The van der Waals surface area contributed by atoms with Gasteiger partial charge in [0.25, 0.3) is 0 Å². The Kier molecular flexibility index (Phi) is 10.2. The molecule has 1 heterocycles. The van der Waals surface area contributed by atoms with Crippen LogP contribution in [0, 0.1) is 0 Å². The van der Waals surface area contributed by atoms with Gasteiger partial charge in [-0.05, 0) is 25.8 Å². The third-order valence-corrected chi connectivity index (χ3v) is 7.17. The molecule has 11 atom stereocenters. The lowest BCUT2D eigenvalue weighted by molar-refractivity contribution is -0.288. The van der Waals surface area contributed by atoms with E-state index in [4.69, 9.17) is 26.7 Å². The molecule has 0 spiro atoms. The van der Waals surface area contributed by atoms with Crippen LogP contribution in [0.25, 0.3) is 0 Å². The van der Waals surface area contributed by atoms with E-state index in [1.54, 1.807) is 44.2 Å². The second-order valence-corrected chi connectivity index (χ2v) is 10.3. The van der Waals surface area contributed by atoms with E-state index in [1.165, 1.54) is 11.8 Å². The molecule has 1 aliphatic heterocycles. The molecule has 1 aromatic rings. The van der Waals surface area contributed by atoms with Crippen molar-refractivity contribution < 1.29 is 39.5 Å². The molecular formula is C25H41N5O8. The van der Waals surface area contributed by atoms with Crippen LogP contribution in [0.4, 0.5) is 0 Å². The second kappa shape index (κ2) is 12.8. The molecule has 1 aromatic carbocycles. The molecule has 0 bridgehead atoms. The summed E-state index contributed by atoms with van der Waals surface area (Å²) in [5.41, 5.74) is 18.5. The van der Waals surface area contributed by atoms with Gasteiger partial charge in [0.05, 0.1) is 12.1 Å². The maximum Gasteiger partial charge on any atom is 0.247 e. The van der Waals surface area contributed by atoms with Crippen molar-refractivity contribution in [3.05, 3.63) is 35.9 Å². The van der Waals surface area contributed by atoms with Crippen LogP contribution in [0.5, 0.6) is 0 Å². The number of aliphatic hydroxyl groups is 4. The summed E-state index contributed by atoms with van der Waals surface area (Å²) in [6, 6.07) is 4.85. The van der Waals surface area contributed by atoms with Crippen LogP contribution in [-0.4, -0.2) is 111 Å². The van der Waals surface area contributed by atoms with E-state index in [0.717, 1.165) is 0 Å². The lowest BCUT2D eigenvalue weighted by atomic mass is 9.84. The van der Waals surface area contributed by atoms with Crippen molar-refractivity contribution in [3.63, 3.8) is 0 Å². The Hall–Kier alpha value is -2.20. The summed E-state index contributed by atoms with van der Waals surface area (Å²) in [5, 5.41) is 44.5. The summed E-state index contributed by atoms with van der Waals surface area (Å²) in [4.78, 5) is 27.3. The van der Waals surface area contributed by atoms with E-state index < -0.39 is 73.0 Å². The van der Waals surface area contributed by atoms with Crippen LogP contribution in [0.15, 0.2) is 30.3 Å². The van der Waals surface area contributed by atoms with E-state index in [9.17, 15) is 30.0 Å². The van der Waals surface area contributed by atoms with E-state index in [-0.39, 0.29) is 24.9 Å². The molecule has 0 radical (unpaired) electrons. The summed E-state index contributed by atoms with van der Waals surface area (Å²) in [5.74, 6) is -0.809. The molecule has 1 saturated heterocycles. The van der Waals surface area contributed by atoms with Crippen molar-refractivity contribution in [1.82, 2.24) is 10.2 Å². The first-order valence-electron chi connectivity index (χ1n) is 12.8. The number of rotatable bonds is 8. The molecule has 38 heavy (non-hydrogen) atoms. The quantitative estimate of drug-likeness (QED) is 0.166. The number of benzene rings is 1. The van der Waals surface area contributed by atoms with Crippen LogP contribution in [-0.2, 0) is 19.1 Å². The normalized spacial score (nSPS) is 36.5. The number of hydrogen-bond acceptors (Lipinski definition) is 11. The Balaban J connectivity index is 1.75. The lowest BCUT2D eigenvalue weighted by Crippen LogP contribution is -2.67. The zero-order valence-corrected chi connectivity index (χ0v) is 21.8. The zero-order chi connectivity index (χ0) is 28.3. The monoisotopic (exact) mass is 539 g/mol. The Labute approximate surface area is 221 Å². The van der Waals surface area contributed by atoms with Gasteiger partial charge in [0.2, 0.25) is 11.8 Å². The van der Waals surface area contributed by atoms with Crippen molar-refractivity contribution in [2.45, 2.75) is 100 Å². The number of ether oxygens (including phenoxy) is 2. The van der Waals surface area contributed by atoms with E-state index in [1.807, 2.05) is 0 Å². The number of nitrogens with two attached hydrogens (primary N) is 3. The molecule has 1 saturated carbocycles. The predicted octanol–water partition coefficient (Wildman–Crippen LogP) is -2.96. The van der Waals surface area contributed by atoms with E-state index in [2.05, 4.69) is 5.32 Å². The third kappa shape index (κ3) is 6.50. The van der Waals surface area contributed by atoms with Gasteiger partial charge < -0.3 is 57.3 Å². The standard InChI is InChI=1S/C25H41N5O8/c1-11(2)30(12(3)31)18(13-7-5-4-6-8-13)24(36)29-10-16-20(33)21(34)17(28)25(37-16)38-23-15(27)9-14(26)19(32)22(23)35/h4-8,11,14-23,25,32-35H,9-10,26-28H2,1-3H3,(H,29,36)/t14-,15+,16-,17-,18?,19+,20-,21-,22-,23-,25-/m1/s1. The molecular weight excluding hydrogens is 498 g/mol. The second-order valence-electron chi connectivity index (χ2n) is 10.3. The zero-order valence-electron chi connectivity index (χ0n) is 21.8. The van der Waals surface area contributed by atoms with Gasteiger partial charge in [0.15, 0.2) is 6.29 Å².